The highest BCUT2D eigenvalue weighted by molar-refractivity contribution is 9.09. The van der Waals surface area contributed by atoms with Crippen LogP contribution in [0.4, 0.5) is 13.2 Å². The molecular formula is C13H15BrF3NO. The van der Waals surface area contributed by atoms with Gasteiger partial charge in [-0.1, -0.05) is 15.9 Å². The predicted molar refractivity (Wildman–Crippen MR) is 71.4 cm³/mol. The normalized spacial score (nSPS) is 11.4. The summed E-state index contributed by atoms with van der Waals surface area (Å²) in [6.45, 7) is 2.96. The molecule has 1 rings (SSSR count). The molecule has 6 heteroatoms. The summed E-state index contributed by atoms with van der Waals surface area (Å²) >= 11 is 3.28. The second-order valence-corrected chi connectivity index (χ2v) is 4.80. The van der Waals surface area contributed by atoms with Crippen molar-refractivity contribution in [2.75, 3.05) is 18.4 Å². The van der Waals surface area contributed by atoms with Crippen molar-refractivity contribution in [3.8, 4) is 0 Å². The Morgan fingerprint density at radius 1 is 1.26 bits per heavy atom. The number of halogens is 4. The van der Waals surface area contributed by atoms with E-state index in [1.54, 1.807) is 4.90 Å². The second kappa shape index (κ2) is 6.93. The number of nitrogens with zero attached hydrogens (tertiary/aromatic N) is 1. The Balaban J connectivity index is 2.82. The molecule has 0 spiro atoms. The van der Waals surface area contributed by atoms with Crippen LogP contribution in [-0.4, -0.2) is 29.2 Å². The van der Waals surface area contributed by atoms with E-state index in [1.807, 2.05) is 6.92 Å². The first-order valence-electron chi connectivity index (χ1n) is 5.92. The van der Waals surface area contributed by atoms with Crippen LogP contribution in [-0.2, 0) is 6.18 Å². The molecule has 0 aliphatic rings. The van der Waals surface area contributed by atoms with Crippen molar-refractivity contribution in [2.24, 2.45) is 0 Å². The Labute approximate surface area is 118 Å². The molecule has 0 heterocycles. The smallest absolute Gasteiger partial charge is 0.339 e. The Kier molecular flexibility index (Phi) is 5.85. The Bertz CT molecular complexity index is 417. The van der Waals surface area contributed by atoms with Crippen LogP contribution < -0.4 is 0 Å². The van der Waals surface area contributed by atoms with Gasteiger partial charge in [-0.15, -0.1) is 0 Å². The molecule has 0 fully saturated rings. The van der Waals surface area contributed by atoms with Gasteiger partial charge in [-0.2, -0.15) is 13.2 Å². The minimum absolute atomic E-state index is 0.239. The number of hydrogen-bond donors (Lipinski definition) is 0. The van der Waals surface area contributed by atoms with Gasteiger partial charge in [0.25, 0.3) is 5.91 Å². The van der Waals surface area contributed by atoms with Crippen LogP contribution in [0.2, 0.25) is 0 Å². The van der Waals surface area contributed by atoms with Crippen molar-refractivity contribution in [1.82, 2.24) is 4.90 Å². The second-order valence-electron chi connectivity index (χ2n) is 4.00. The first kappa shape index (κ1) is 16.0. The van der Waals surface area contributed by atoms with E-state index in [-0.39, 0.29) is 11.5 Å². The number of rotatable bonds is 5. The van der Waals surface area contributed by atoms with Gasteiger partial charge in [-0.05, 0) is 37.6 Å². The van der Waals surface area contributed by atoms with E-state index in [0.717, 1.165) is 23.9 Å². The molecule has 1 aromatic carbocycles. The maximum atomic E-state index is 12.4. The van der Waals surface area contributed by atoms with Gasteiger partial charge in [0.15, 0.2) is 0 Å². The number of amides is 1. The lowest BCUT2D eigenvalue weighted by Crippen LogP contribution is -2.32. The predicted octanol–water partition coefficient (Wildman–Crippen LogP) is 3.95. The average Bonchev–Trinajstić information content (AvgIpc) is 2.38. The summed E-state index contributed by atoms with van der Waals surface area (Å²) in [6, 6.07) is 4.32. The highest BCUT2D eigenvalue weighted by Gasteiger charge is 2.30. The average molecular weight is 338 g/mol. The van der Waals surface area contributed by atoms with Crippen molar-refractivity contribution >= 4 is 21.8 Å². The molecular weight excluding hydrogens is 323 g/mol. The zero-order valence-corrected chi connectivity index (χ0v) is 12.1. The van der Waals surface area contributed by atoms with Gasteiger partial charge in [0.2, 0.25) is 0 Å². The van der Waals surface area contributed by atoms with Gasteiger partial charge < -0.3 is 4.90 Å². The van der Waals surface area contributed by atoms with Gasteiger partial charge >= 0.3 is 6.18 Å². The van der Waals surface area contributed by atoms with Crippen molar-refractivity contribution in [3.05, 3.63) is 35.4 Å². The molecule has 0 aliphatic carbocycles. The quantitative estimate of drug-likeness (QED) is 0.745. The van der Waals surface area contributed by atoms with Gasteiger partial charge in [0, 0.05) is 24.0 Å². The number of benzene rings is 1. The van der Waals surface area contributed by atoms with Crippen molar-refractivity contribution < 1.29 is 18.0 Å². The molecule has 19 heavy (non-hydrogen) atoms. The van der Waals surface area contributed by atoms with Gasteiger partial charge in [0.05, 0.1) is 5.56 Å². The summed E-state index contributed by atoms with van der Waals surface area (Å²) in [5, 5.41) is 0.782. The summed E-state index contributed by atoms with van der Waals surface area (Å²) < 4.78 is 37.2. The van der Waals surface area contributed by atoms with Crippen LogP contribution in [0.1, 0.15) is 29.3 Å². The van der Waals surface area contributed by atoms with Crippen LogP contribution in [0.25, 0.3) is 0 Å². The zero-order valence-electron chi connectivity index (χ0n) is 10.5. The monoisotopic (exact) mass is 337 g/mol. The molecule has 2 nitrogen and oxygen atoms in total. The molecule has 106 valence electrons. The van der Waals surface area contributed by atoms with Gasteiger partial charge in [-0.3, -0.25) is 4.79 Å². The molecule has 0 saturated heterocycles. The SMILES string of the molecule is CCN(CCCBr)C(=O)c1ccc(C(F)(F)F)cc1. The van der Waals surface area contributed by atoms with Crippen molar-refractivity contribution in [3.63, 3.8) is 0 Å². The molecule has 0 bridgehead atoms. The molecule has 1 aromatic rings. The van der Waals surface area contributed by atoms with E-state index in [9.17, 15) is 18.0 Å². The van der Waals surface area contributed by atoms with E-state index in [1.165, 1.54) is 12.1 Å². The Morgan fingerprint density at radius 3 is 2.26 bits per heavy atom. The molecule has 0 unspecified atom stereocenters. The van der Waals surface area contributed by atoms with Crippen LogP contribution >= 0.6 is 15.9 Å². The maximum absolute atomic E-state index is 12.4. The minimum Gasteiger partial charge on any atom is -0.339 e. The molecule has 0 saturated carbocycles. The standard InChI is InChI=1S/C13H15BrF3NO/c1-2-18(9-3-8-14)12(19)10-4-6-11(7-5-10)13(15,16)17/h4-7H,2-3,8-9H2,1H3. The fourth-order valence-corrected chi connectivity index (χ4v) is 1.89. The lowest BCUT2D eigenvalue weighted by molar-refractivity contribution is -0.137. The molecule has 0 aliphatic heterocycles. The number of alkyl halides is 4. The first-order valence-corrected chi connectivity index (χ1v) is 7.04. The van der Waals surface area contributed by atoms with E-state index in [4.69, 9.17) is 0 Å². The van der Waals surface area contributed by atoms with E-state index >= 15 is 0 Å². The number of hydrogen-bond acceptors (Lipinski definition) is 1. The largest absolute Gasteiger partial charge is 0.416 e. The molecule has 0 aromatic heterocycles. The van der Waals surface area contributed by atoms with Gasteiger partial charge in [-0.25, -0.2) is 0 Å². The fourth-order valence-electron chi connectivity index (χ4n) is 1.64. The third kappa shape index (κ3) is 4.53. The topological polar surface area (TPSA) is 20.3 Å². The van der Waals surface area contributed by atoms with Crippen molar-refractivity contribution in [2.45, 2.75) is 19.5 Å². The number of carbonyl (C=O) groups excluding carboxylic acids is 1. The van der Waals surface area contributed by atoms with E-state index in [2.05, 4.69) is 15.9 Å². The third-order valence-electron chi connectivity index (χ3n) is 2.69. The first-order chi connectivity index (χ1) is 8.90. The van der Waals surface area contributed by atoms with E-state index in [0.29, 0.717) is 13.1 Å². The van der Waals surface area contributed by atoms with Gasteiger partial charge in [0.1, 0.15) is 0 Å². The molecule has 0 radical (unpaired) electrons. The fraction of sp³-hybridized carbons (Fsp3) is 0.462. The summed E-state index contributed by atoms with van der Waals surface area (Å²) in [7, 11) is 0. The highest BCUT2D eigenvalue weighted by atomic mass is 79.9. The highest BCUT2D eigenvalue weighted by Crippen LogP contribution is 2.29. The minimum atomic E-state index is -4.37. The van der Waals surface area contributed by atoms with Crippen LogP contribution in [0, 0.1) is 0 Å². The lowest BCUT2D eigenvalue weighted by atomic mass is 10.1. The summed E-state index contributed by atoms with van der Waals surface area (Å²) in [4.78, 5) is 13.7. The molecule has 0 atom stereocenters. The third-order valence-corrected chi connectivity index (χ3v) is 3.25. The summed E-state index contributed by atoms with van der Waals surface area (Å²) in [6.07, 6.45) is -3.57. The lowest BCUT2D eigenvalue weighted by Gasteiger charge is -2.20. The van der Waals surface area contributed by atoms with Crippen molar-refractivity contribution in [1.29, 1.82) is 0 Å². The van der Waals surface area contributed by atoms with Crippen LogP contribution in [0.15, 0.2) is 24.3 Å². The number of carbonyl (C=O) groups is 1. The van der Waals surface area contributed by atoms with Crippen LogP contribution in [0.5, 0.6) is 0 Å². The Hall–Kier alpha value is -1.04. The molecule has 0 N–H and O–H groups in total. The van der Waals surface area contributed by atoms with E-state index < -0.39 is 11.7 Å². The zero-order chi connectivity index (χ0) is 14.5. The van der Waals surface area contributed by atoms with Crippen LogP contribution in [0.3, 0.4) is 0 Å². The maximum Gasteiger partial charge on any atom is 0.416 e. The molecule has 1 amide bonds. The summed E-state index contributed by atoms with van der Waals surface area (Å²) in [5.74, 6) is -0.239. The Morgan fingerprint density at radius 2 is 1.84 bits per heavy atom. The summed E-state index contributed by atoms with van der Waals surface area (Å²) in [5.41, 5.74) is -0.461.